The summed E-state index contributed by atoms with van der Waals surface area (Å²) in [6.07, 6.45) is 4.01. The summed E-state index contributed by atoms with van der Waals surface area (Å²) in [5.41, 5.74) is 0.470. The highest BCUT2D eigenvalue weighted by molar-refractivity contribution is 7.89. The van der Waals surface area contributed by atoms with Crippen LogP contribution < -0.4 is 0 Å². The van der Waals surface area contributed by atoms with Gasteiger partial charge < -0.3 is 0 Å². The summed E-state index contributed by atoms with van der Waals surface area (Å²) in [6.45, 7) is 2.21. The Kier molecular flexibility index (Phi) is 4.46. The Bertz CT molecular complexity index is 594. The standard InChI is InChI=1S/C15H20N2O2S/c1-12-3-7-14(8-4-12)17(2)20(18,19)15-9-5-13(11-16)6-10-15/h5-6,9-10,12,14H,3-4,7-8H2,1-2H3. The van der Waals surface area contributed by atoms with Crippen molar-refractivity contribution in [1.82, 2.24) is 4.31 Å². The molecule has 0 bridgehead atoms. The van der Waals surface area contributed by atoms with Gasteiger partial charge in [0.15, 0.2) is 0 Å². The third-order valence-electron chi connectivity index (χ3n) is 4.16. The van der Waals surface area contributed by atoms with Gasteiger partial charge in [0.1, 0.15) is 0 Å². The highest BCUT2D eigenvalue weighted by Crippen LogP contribution is 2.29. The van der Waals surface area contributed by atoms with Crippen LogP contribution in [0.15, 0.2) is 29.2 Å². The number of nitrogens with zero attached hydrogens (tertiary/aromatic N) is 2. The van der Waals surface area contributed by atoms with E-state index in [2.05, 4.69) is 6.92 Å². The van der Waals surface area contributed by atoms with Crippen LogP contribution in [0.1, 0.15) is 38.2 Å². The first-order chi connectivity index (χ1) is 9.45. The number of sulfonamides is 1. The molecule has 1 aromatic rings. The lowest BCUT2D eigenvalue weighted by Gasteiger charge is -2.32. The molecule has 0 atom stereocenters. The van der Waals surface area contributed by atoms with E-state index >= 15 is 0 Å². The summed E-state index contributed by atoms with van der Waals surface area (Å²) < 4.78 is 26.6. The first-order valence-corrected chi connectivity index (χ1v) is 8.37. The van der Waals surface area contributed by atoms with Crippen LogP contribution in [0.25, 0.3) is 0 Å². The molecule has 0 saturated heterocycles. The van der Waals surface area contributed by atoms with E-state index in [1.807, 2.05) is 6.07 Å². The molecular formula is C15H20N2O2S. The molecule has 0 aliphatic heterocycles. The maximum absolute atomic E-state index is 12.6. The Morgan fingerprint density at radius 2 is 1.70 bits per heavy atom. The molecule has 1 saturated carbocycles. The Hall–Kier alpha value is -1.38. The minimum atomic E-state index is -3.46. The van der Waals surface area contributed by atoms with Crippen molar-refractivity contribution < 1.29 is 8.42 Å². The molecular weight excluding hydrogens is 272 g/mol. The van der Waals surface area contributed by atoms with E-state index in [-0.39, 0.29) is 10.9 Å². The zero-order valence-electron chi connectivity index (χ0n) is 11.9. The average Bonchev–Trinajstić information content (AvgIpc) is 2.47. The van der Waals surface area contributed by atoms with E-state index in [0.717, 1.165) is 25.7 Å². The topological polar surface area (TPSA) is 61.2 Å². The average molecular weight is 292 g/mol. The summed E-state index contributed by atoms with van der Waals surface area (Å²) >= 11 is 0. The van der Waals surface area contributed by atoms with Crippen LogP contribution in [0.2, 0.25) is 0 Å². The molecule has 0 aromatic heterocycles. The second-order valence-electron chi connectivity index (χ2n) is 5.57. The minimum Gasteiger partial charge on any atom is -0.207 e. The third kappa shape index (κ3) is 3.02. The van der Waals surface area contributed by atoms with Crippen molar-refractivity contribution in [2.75, 3.05) is 7.05 Å². The van der Waals surface area contributed by atoms with Gasteiger partial charge in [-0.1, -0.05) is 6.92 Å². The molecule has 5 heteroatoms. The normalized spacial score (nSPS) is 23.5. The van der Waals surface area contributed by atoms with Gasteiger partial charge in [-0.05, 0) is 55.9 Å². The summed E-state index contributed by atoms with van der Waals surface area (Å²) in [7, 11) is -1.80. The largest absolute Gasteiger partial charge is 0.243 e. The fourth-order valence-corrected chi connectivity index (χ4v) is 4.09. The molecule has 108 valence electrons. The second kappa shape index (κ2) is 5.94. The number of benzene rings is 1. The maximum Gasteiger partial charge on any atom is 0.243 e. The summed E-state index contributed by atoms with van der Waals surface area (Å²) in [6, 6.07) is 8.19. The van der Waals surface area contributed by atoms with Crippen LogP contribution in [-0.2, 0) is 10.0 Å². The highest BCUT2D eigenvalue weighted by Gasteiger charge is 2.30. The smallest absolute Gasteiger partial charge is 0.207 e. The molecule has 0 radical (unpaired) electrons. The van der Waals surface area contributed by atoms with Gasteiger partial charge >= 0.3 is 0 Å². The van der Waals surface area contributed by atoms with Gasteiger partial charge in [-0.25, -0.2) is 8.42 Å². The van der Waals surface area contributed by atoms with Crippen molar-refractivity contribution in [3.8, 4) is 6.07 Å². The molecule has 1 aliphatic carbocycles. The van der Waals surface area contributed by atoms with Crippen molar-refractivity contribution in [2.24, 2.45) is 5.92 Å². The van der Waals surface area contributed by atoms with Crippen LogP contribution in [-0.4, -0.2) is 25.8 Å². The van der Waals surface area contributed by atoms with Crippen molar-refractivity contribution in [1.29, 1.82) is 5.26 Å². The second-order valence-corrected chi connectivity index (χ2v) is 7.57. The zero-order valence-corrected chi connectivity index (χ0v) is 12.7. The lowest BCUT2D eigenvalue weighted by atomic mass is 9.87. The molecule has 1 aromatic carbocycles. The van der Waals surface area contributed by atoms with Gasteiger partial charge in [0.25, 0.3) is 0 Å². The Morgan fingerprint density at radius 3 is 2.20 bits per heavy atom. The molecule has 2 rings (SSSR count). The molecule has 20 heavy (non-hydrogen) atoms. The molecule has 1 aliphatic rings. The Labute approximate surface area is 121 Å². The van der Waals surface area contributed by atoms with Crippen LogP contribution in [0.3, 0.4) is 0 Å². The van der Waals surface area contributed by atoms with Crippen molar-refractivity contribution in [3.05, 3.63) is 29.8 Å². The summed E-state index contributed by atoms with van der Waals surface area (Å²) in [5.74, 6) is 0.692. The van der Waals surface area contributed by atoms with Gasteiger partial charge in [0.05, 0.1) is 16.5 Å². The quantitative estimate of drug-likeness (QED) is 0.860. The summed E-state index contributed by atoms with van der Waals surface area (Å²) in [4.78, 5) is 0.262. The van der Waals surface area contributed by atoms with Gasteiger partial charge in [0, 0.05) is 13.1 Å². The van der Waals surface area contributed by atoms with Gasteiger partial charge in [-0.15, -0.1) is 0 Å². The van der Waals surface area contributed by atoms with Crippen molar-refractivity contribution in [2.45, 2.75) is 43.5 Å². The fraction of sp³-hybridized carbons (Fsp3) is 0.533. The van der Waals surface area contributed by atoms with E-state index in [1.54, 1.807) is 19.2 Å². The van der Waals surface area contributed by atoms with Gasteiger partial charge in [-0.3, -0.25) is 0 Å². The molecule has 0 heterocycles. The lowest BCUT2D eigenvalue weighted by Crippen LogP contribution is -2.39. The van der Waals surface area contributed by atoms with Crippen LogP contribution in [0.4, 0.5) is 0 Å². The predicted molar refractivity (Wildman–Crippen MR) is 77.5 cm³/mol. The fourth-order valence-electron chi connectivity index (χ4n) is 2.67. The van der Waals surface area contributed by atoms with Crippen LogP contribution in [0.5, 0.6) is 0 Å². The number of rotatable bonds is 3. The SMILES string of the molecule is CC1CCC(N(C)S(=O)(=O)c2ccc(C#N)cc2)CC1. The third-order valence-corrected chi connectivity index (χ3v) is 6.08. The van der Waals surface area contributed by atoms with Crippen LogP contribution >= 0.6 is 0 Å². The van der Waals surface area contributed by atoms with E-state index in [9.17, 15) is 8.42 Å². The maximum atomic E-state index is 12.6. The number of hydrogen-bond donors (Lipinski definition) is 0. The first kappa shape index (κ1) is 15.0. The van der Waals surface area contributed by atoms with Crippen molar-refractivity contribution >= 4 is 10.0 Å². The molecule has 4 nitrogen and oxygen atoms in total. The highest BCUT2D eigenvalue weighted by atomic mass is 32.2. The molecule has 0 N–H and O–H groups in total. The minimum absolute atomic E-state index is 0.0897. The molecule has 1 fully saturated rings. The number of hydrogen-bond acceptors (Lipinski definition) is 3. The van der Waals surface area contributed by atoms with E-state index < -0.39 is 10.0 Å². The molecule has 0 spiro atoms. The monoisotopic (exact) mass is 292 g/mol. The van der Waals surface area contributed by atoms with Crippen molar-refractivity contribution in [3.63, 3.8) is 0 Å². The predicted octanol–water partition coefficient (Wildman–Crippen LogP) is 2.76. The zero-order chi connectivity index (χ0) is 14.8. The van der Waals surface area contributed by atoms with E-state index in [0.29, 0.717) is 11.5 Å². The lowest BCUT2D eigenvalue weighted by molar-refractivity contribution is 0.246. The Morgan fingerprint density at radius 1 is 1.15 bits per heavy atom. The van der Waals surface area contributed by atoms with Gasteiger partial charge in [-0.2, -0.15) is 9.57 Å². The molecule has 0 unspecified atom stereocenters. The number of nitriles is 1. The summed E-state index contributed by atoms with van der Waals surface area (Å²) in [5, 5.41) is 8.76. The first-order valence-electron chi connectivity index (χ1n) is 6.93. The van der Waals surface area contributed by atoms with E-state index in [4.69, 9.17) is 5.26 Å². The van der Waals surface area contributed by atoms with Crippen LogP contribution in [0, 0.1) is 17.2 Å². The Balaban J connectivity index is 2.18. The van der Waals surface area contributed by atoms with Gasteiger partial charge in [0.2, 0.25) is 10.0 Å². The molecule has 0 amide bonds. The van der Waals surface area contributed by atoms with E-state index in [1.165, 1.54) is 16.4 Å².